The molecule has 20 heavy (non-hydrogen) atoms. The number of H-pyrrole nitrogens is 1. The molecule has 0 fully saturated rings. The fourth-order valence-electron chi connectivity index (χ4n) is 2.04. The van der Waals surface area contributed by atoms with E-state index in [0.717, 1.165) is 5.69 Å². The van der Waals surface area contributed by atoms with Crippen molar-refractivity contribution in [3.63, 3.8) is 0 Å². The number of nitrogens with zero attached hydrogens (tertiary/aromatic N) is 3. The van der Waals surface area contributed by atoms with Crippen LogP contribution in [0, 0.1) is 13.8 Å². The fraction of sp³-hybridized carbons (Fsp3) is 0.385. The SMILES string of the molecule is Cc1cc(C(=O)N(C)CCC(=O)O)c2c(C)[nH]nc2n1. The van der Waals surface area contributed by atoms with E-state index in [4.69, 9.17) is 5.11 Å². The van der Waals surface area contributed by atoms with E-state index >= 15 is 0 Å². The van der Waals surface area contributed by atoms with Crippen molar-refractivity contribution in [1.82, 2.24) is 20.1 Å². The normalized spacial score (nSPS) is 10.8. The molecule has 0 spiro atoms. The van der Waals surface area contributed by atoms with Crippen LogP contribution in [-0.4, -0.2) is 50.7 Å². The highest BCUT2D eigenvalue weighted by atomic mass is 16.4. The van der Waals surface area contributed by atoms with Gasteiger partial charge in [-0.25, -0.2) is 4.98 Å². The zero-order valence-electron chi connectivity index (χ0n) is 11.6. The molecule has 0 unspecified atom stereocenters. The van der Waals surface area contributed by atoms with E-state index in [0.29, 0.717) is 22.3 Å². The molecule has 2 aromatic heterocycles. The first-order valence-electron chi connectivity index (χ1n) is 6.19. The van der Waals surface area contributed by atoms with Gasteiger partial charge in [0.05, 0.1) is 17.4 Å². The van der Waals surface area contributed by atoms with Crippen molar-refractivity contribution in [2.24, 2.45) is 0 Å². The van der Waals surface area contributed by atoms with E-state index in [2.05, 4.69) is 15.2 Å². The van der Waals surface area contributed by atoms with E-state index in [1.54, 1.807) is 20.0 Å². The minimum atomic E-state index is -0.930. The number of carboxylic acids is 1. The first-order chi connectivity index (χ1) is 9.40. The molecule has 0 saturated carbocycles. The van der Waals surface area contributed by atoms with Crippen LogP contribution in [0.3, 0.4) is 0 Å². The molecule has 2 rings (SSSR count). The highest BCUT2D eigenvalue weighted by Gasteiger charge is 2.19. The van der Waals surface area contributed by atoms with Crippen molar-refractivity contribution < 1.29 is 14.7 Å². The third kappa shape index (κ3) is 2.61. The van der Waals surface area contributed by atoms with Crippen molar-refractivity contribution in [2.75, 3.05) is 13.6 Å². The van der Waals surface area contributed by atoms with Gasteiger partial charge in [0.25, 0.3) is 5.91 Å². The molecule has 2 N–H and O–H groups in total. The molecule has 0 saturated heterocycles. The Bertz CT molecular complexity index is 678. The predicted octanol–water partition coefficient (Wildman–Crippen LogP) is 1.12. The second-order valence-electron chi connectivity index (χ2n) is 4.73. The van der Waals surface area contributed by atoms with Crippen LogP contribution in [0.4, 0.5) is 0 Å². The molecule has 0 aliphatic rings. The smallest absolute Gasteiger partial charge is 0.305 e. The lowest BCUT2D eigenvalue weighted by Crippen LogP contribution is -2.29. The van der Waals surface area contributed by atoms with E-state index in [1.165, 1.54) is 4.90 Å². The van der Waals surface area contributed by atoms with Gasteiger partial charge in [0, 0.05) is 25.0 Å². The summed E-state index contributed by atoms with van der Waals surface area (Å²) in [5.74, 6) is -1.16. The Balaban J connectivity index is 2.38. The quantitative estimate of drug-likeness (QED) is 0.871. The van der Waals surface area contributed by atoms with Crippen molar-refractivity contribution in [3.8, 4) is 0 Å². The topological polar surface area (TPSA) is 99.2 Å². The van der Waals surface area contributed by atoms with Gasteiger partial charge in [0.1, 0.15) is 0 Å². The highest BCUT2D eigenvalue weighted by Crippen LogP contribution is 2.21. The van der Waals surface area contributed by atoms with Crippen molar-refractivity contribution >= 4 is 22.9 Å². The summed E-state index contributed by atoms with van der Waals surface area (Å²) < 4.78 is 0. The van der Waals surface area contributed by atoms with Gasteiger partial charge in [-0.05, 0) is 19.9 Å². The minimum absolute atomic E-state index is 0.0835. The number of amides is 1. The monoisotopic (exact) mass is 276 g/mol. The lowest BCUT2D eigenvalue weighted by molar-refractivity contribution is -0.137. The number of hydrogen-bond donors (Lipinski definition) is 2. The Kier molecular flexibility index (Phi) is 3.69. The summed E-state index contributed by atoms with van der Waals surface area (Å²) in [5.41, 5.74) is 2.45. The molecule has 2 aromatic rings. The molecule has 106 valence electrons. The van der Waals surface area contributed by atoms with Gasteiger partial charge < -0.3 is 10.0 Å². The molecule has 0 bridgehead atoms. The zero-order valence-corrected chi connectivity index (χ0v) is 11.6. The number of aliphatic carboxylic acids is 1. The average molecular weight is 276 g/mol. The maximum absolute atomic E-state index is 12.4. The summed E-state index contributed by atoms with van der Waals surface area (Å²) in [4.78, 5) is 28.7. The Morgan fingerprint density at radius 1 is 1.40 bits per heavy atom. The van der Waals surface area contributed by atoms with Crippen LogP contribution in [0.5, 0.6) is 0 Å². The Morgan fingerprint density at radius 2 is 2.10 bits per heavy atom. The lowest BCUT2D eigenvalue weighted by Gasteiger charge is -2.16. The summed E-state index contributed by atoms with van der Waals surface area (Å²) in [6.45, 7) is 3.77. The Labute approximate surface area is 115 Å². The second kappa shape index (κ2) is 5.28. The molecule has 0 radical (unpaired) electrons. The minimum Gasteiger partial charge on any atom is -0.481 e. The third-order valence-electron chi connectivity index (χ3n) is 3.07. The molecule has 0 aliphatic carbocycles. The van der Waals surface area contributed by atoms with Crippen molar-refractivity contribution in [3.05, 3.63) is 23.0 Å². The summed E-state index contributed by atoms with van der Waals surface area (Å²) in [6, 6.07) is 1.70. The van der Waals surface area contributed by atoms with Crippen LogP contribution >= 0.6 is 0 Å². The molecular formula is C13H16N4O3. The molecule has 0 aliphatic heterocycles. The van der Waals surface area contributed by atoms with Gasteiger partial charge in [-0.1, -0.05) is 0 Å². The molecule has 7 heteroatoms. The van der Waals surface area contributed by atoms with Crippen LogP contribution < -0.4 is 0 Å². The molecule has 7 nitrogen and oxygen atoms in total. The molecule has 0 aromatic carbocycles. The van der Waals surface area contributed by atoms with Gasteiger partial charge >= 0.3 is 5.97 Å². The summed E-state index contributed by atoms with van der Waals surface area (Å²) >= 11 is 0. The first kappa shape index (κ1) is 14.0. The number of carboxylic acid groups (broad SMARTS) is 1. The largest absolute Gasteiger partial charge is 0.481 e. The fourth-order valence-corrected chi connectivity index (χ4v) is 2.04. The summed E-state index contributed by atoms with van der Waals surface area (Å²) in [5, 5.41) is 16.2. The molecule has 1 amide bonds. The molecule has 2 heterocycles. The highest BCUT2D eigenvalue weighted by molar-refractivity contribution is 6.06. The van der Waals surface area contributed by atoms with Gasteiger partial charge in [-0.3, -0.25) is 14.7 Å². The number of aryl methyl sites for hydroxylation is 2. The third-order valence-corrected chi connectivity index (χ3v) is 3.07. The number of carbonyl (C=O) groups excluding carboxylic acids is 1. The lowest BCUT2D eigenvalue weighted by atomic mass is 10.1. The van der Waals surface area contributed by atoms with Gasteiger partial charge in [0.2, 0.25) is 0 Å². The van der Waals surface area contributed by atoms with Gasteiger partial charge in [-0.2, -0.15) is 5.10 Å². The summed E-state index contributed by atoms with van der Waals surface area (Å²) in [6.07, 6.45) is -0.0835. The maximum Gasteiger partial charge on any atom is 0.305 e. The van der Waals surface area contributed by atoms with Crippen LogP contribution in [0.25, 0.3) is 11.0 Å². The van der Waals surface area contributed by atoms with E-state index in [-0.39, 0.29) is 18.9 Å². The number of aromatic amines is 1. The second-order valence-corrected chi connectivity index (χ2v) is 4.73. The van der Waals surface area contributed by atoms with Gasteiger partial charge in [-0.15, -0.1) is 0 Å². The van der Waals surface area contributed by atoms with Crippen molar-refractivity contribution in [2.45, 2.75) is 20.3 Å². The number of hydrogen-bond acceptors (Lipinski definition) is 4. The zero-order chi connectivity index (χ0) is 14.9. The van der Waals surface area contributed by atoms with Gasteiger partial charge in [0.15, 0.2) is 5.65 Å². The summed E-state index contributed by atoms with van der Waals surface area (Å²) in [7, 11) is 1.59. The Hall–Kier alpha value is -2.44. The van der Waals surface area contributed by atoms with Crippen LogP contribution in [-0.2, 0) is 4.79 Å². The number of carbonyl (C=O) groups is 2. The number of pyridine rings is 1. The van der Waals surface area contributed by atoms with Crippen LogP contribution in [0.1, 0.15) is 28.2 Å². The number of aromatic nitrogens is 3. The number of nitrogens with one attached hydrogen (secondary N) is 1. The molecule has 0 atom stereocenters. The predicted molar refractivity (Wildman–Crippen MR) is 72.6 cm³/mol. The van der Waals surface area contributed by atoms with E-state index < -0.39 is 5.97 Å². The molecular weight excluding hydrogens is 260 g/mol. The van der Waals surface area contributed by atoms with Crippen molar-refractivity contribution in [1.29, 1.82) is 0 Å². The Morgan fingerprint density at radius 3 is 2.75 bits per heavy atom. The van der Waals surface area contributed by atoms with E-state index in [9.17, 15) is 9.59 Å². The number of rotatable bonds is 4. The average Bonchev–Trinajstić information content (AvgIpc) is 2.75. The standard InChI is InChI=1S/C13H16N4O3/c1-7-6-9(11-8(2)15-16-12(11)14-7)13(20)17(3)5-4-10(18)19/h6H,4-5H2,1-3H3,(H,18,19)(H,14,15,16). The van der Waals surface area contributed by atoms with E-state index in [1.807, 2.05) is 6.92 Å². The maximum atomic E-state index is 12.4. The van der Waals surface area contributed by atoms with Crippen LogP contribution in [0.2, 0.25) is 0 Å². The number of fused-ring (bicyclic) bond motifs is 1. The first-order valence-corrected chi connectivity index (χ1v) is 6.19. The van der Waals surface area contributed by atoms with Crippen LogP contribution in [0.15, 0.2) is 6.07 Å².